The van der Waals surface area contributed by atoms with Crippen molar-refractivity contribution in [3.8, 4) is 5.75 Å². The number of para-hydroxylation sites is 1. The first-order chi connectivity index (χ1) is 10.6. The van der Waals surface area contributed by atoms with E-state index >= 15 is 0 Å². The van der Waals surface area contributed by atoms with Gasteiger partial charge < -0.3 is 4.74 Å². The zero-order chi connectivity index (χ0) is 15.7. The number of ether oxygens (including phenoxy) is 1. The second-order valence-electron chi connectivity index (χ2n) is 6.02. The molecule has 2 fully saturated rings. The van der Waals surface area contributed by atoms with Crippen molar-refractivity contribution in [1.82, 2.24) is 9.80 Å². The number of likely N-dealkylation sites (N-methyl/N-ethyl adjacent to an activating group) is 1. The van der Waals surface area contributed by atoms with Gasteiger partial charge in [0.25, 0.3) is 0 Å². The third kappa shape index (κ3) is 2.50. The van der Waals surface area contributed by atoms with Crippen LogP contribution in [-0.4, -0.2) is 54.4 Å². The molecule has 118 valence electrons. The summed E-state index contributed by atoms with van der Waals surface area (Å²) in [5.74, 6) is 0.716. The van der Waals surface area contributed by atoms with Crippen LogP contribution in [0.1, 0.15) is 24.8 Å². The van der Waals surface area contributed by atoms with Gasteiger partial charge in [-0.25, -0.2) is 0 Å². The van der Waals surface area contributed by atoms with Gasteiger partial charge in [0.05, 0.1) is 19.2 Å². The predicted molar refractivity (Wildman–Crippen MR) is 82.6 cm³/mol. The van der Waals surface area contributed by atoms with Crippen LogP contribution in [0.3, 0.4) is 0 Å². The van der Waals surface area contributed by atoms with E-state index in [1.54, 1.807) is 7.11 Å². The molecule has 0 saturated carbocycles. The Morgan fingerprint density at radius 3 is 2.41 bits per heavy atom. The topological polar surface area (TPSA) is 49.9 Å². The van der Waals surface area contributed by atoms with Crippen LogP contribution in [-0.2, 0) is 16.0 Å². The number of nitrogens with zero attached hydrogens (tertiary/aromatic N) is 2. The number of hydrogen-bond acceptors (Lipinski definition) is 4. The summed E-state index contributed by atoms with van der Waals surface area (Å²) in [7, 11) is 3.53. The Balaban J connectivity index is 1.74. The summed E-state index contributed by atoms with van der Waals surface area (Å²) in [5, 5.41) is 0. The molecule has 0 spiro atoms. The van der Waals surface area contributed by atoms with Gasteiger partial charge in [0.2, 0.25) is 11.8 Å². The molecule has 2 aliphatic heterocycles. The Morgan fingerprint density at radius 1 is 1.14 bits per heavy atom. The number of carbonyl (C=O) groups is 2. The van der Waals surface area contributed by atoms with E-state index in [0.29, 0.717) is 13.0 Å². The van der Waals surface area contributed by atoms with Crippen molar-refractivity contribution >= 4 is 11.8 Å². The summed E-state index contributed by atoms with van der Waals surface area (Å²) < 4.78 is 5.33. The summed E-state index contributed by atoms with van der Waals surface area (Å²) in [6, 6.07) is 7.48. The molecular weight excluding hydrogens is 280 g/mol. The first-order valence-electron chi connectivity index (χ1n) is 7.82. The fourth-order valence-electron chi connectivity index (χ4n) is 3.55. The quantitative estimate of drug-likeness (QED) is 0.790. The zero-order valence-electron chi connectivity index (χ0n) is 13.1. The molecular formula is C17H22N2O3. The van der Waals surface area contributed by atoms with Crippen LogP contribution in [0, 0.1) is 0 Å². The number of fused-ring (bicyclic) bond motifs is 2. The van der Waals surface area contributed by atoms with Crippen LogP contribution in [0.4, 0.5) is 0 Å². The number of methoxy groups -OCH3 is 1. The van der Waals surface area contributed by atoms with Crippen LogP contribution in [0.2, 0.25) is 0 Å². The molecule has 0 aromatic heterocycles. The van der Waals surface area contributed by atoms with E-state index < -0.39 is 0 Å². The van der Waals surface area contributed by atoms with Gasteiger partial charge in [0, 0.05) is 6.54 Å². The maximum atomic E-state index is 12.6. The summed E-state index contributed by atoms with van der Waals surface area (Å²) >= 11 is 0. The molecule has 3 rings (SSSR count). The number of likely N-dealkylation sites (tertiary alicyclic amines) is 1. The van der Waals surface area contributed by atoms with Crippen LogP contribution in [0.15, 0.2) is 24.3 Å². The molecule has 2 unspecified atom stereocenters. The number of benzene rings is 1. The Labute approximate surface area is 130 Å². The SMILES string of the molecule is COc1ccccc1CCN1C(=O)C2CCCC(C1=O)N2C. The first-order valence-corrected chi connectivity index (χ1v) is 7.82. The Bertz CT molecular complexity index is 563. The lowest BCUT2D eigenvalue weighted by molar-refractivity contribution is -0.162. The van der Waals surface area contributed by atoms with Crippen molar-refractivity contribution in [3.63, 3.8) is 0 Å². The molecule has 2 saturated heterocycles. The summed E-state index contributed by atoms with van der Waals surface area (Å²) in [4.78, 5) is 28.5. The van der Waals surface area contributed by atoms with Gasteiger partial charge in [-0.1, -0.05) is 18.2 Å². The van der Waals surface area contributed by atoms with Gasteiger partial charge >= 0.3 is 0 Å². The smallest absolute Gasteiger partial charge is 0.246 e. The van der Waals surface area contributed by atoms with Gasteiger partial charge in [0.15, 0.2) is 0 Å². The second-order valence-corrected chi connectivity index (χ2v) is 6.02. The van der Waals surface area contributed by atoms with E-state index in [-0.39, 0.29) is 23.9 Å². The molecule has 22 heavy (non-hydrogen) atoms. The fourth-order valence-corrected chi connectivity index (χ4v) is 3.55. The summed E-state index contributed by atoms with van der Waals surface area (Å²) in [5.41, 5.74) is 1.02. The monoisotopic (exact) mass is 302 g/mol. The highest BCUT2D eigenvalue weighted by Crippen LogP contribution is 2.29. The molecule has 0 N–H and O–H groups in total. The molecule has 5 nitrogen and oxygen atoms in total. The van der Waals surface area contributed by atoms with E-state index in [4.69, 9.17) is 4.74 Å². The number of piperazine rings is 1. The minimum Gasteiger partial charge on any atom is -0.496 e. The van der Waals surface area contributed by atoms with Crippen LogP contribution in [0.25, 0.3) is 0 Å². The average molecular weight is 302 g/mol. The first kappa shape index (κ1) is 15.0. The average Bonchev–Trinajstić information content (AvgIpc) is 2.53. The highest BCUT2D eigenvalue weighted by atomic mass is 16.5. The maximum Gasteiger partial charge on any atom is 0.246 e. The highest BCUT2D eigenvalue weighted by molar-refractivity contribution is 6.03. The Kier molecular flexibility index (Phi) is 4.16. The zero-order valence-corrected chi connectivity index (χ0v) is 13.1. The molecule has 2 heterocycles. The van der Waals surface area contributed by atoms with Crippen molar-refractivity contribution < 1.29 is 14.3 Å². The highest BCUT2D eigenvalue weighted by Gasteiger charge is 2.46. The molecule has 2 amide bonds. The lowest BCUT2D eigenvalue weighted by Crippen LogP contribution is -2.65. The van der Waals surface area contributed by atoms with Gasteiger partial charge in [0.1, 0.15) is 5.75 Å². The fraction of sp³-hybridized carbons (Fsp3) is 0.529. The molecule has 1 aromatic rings. The van der Waals surface area contributed by atoms with Gasteiger partial charge in [-0.3, -0.25) is 19.4 Å². The van der Waals surface area contributed by atoms with Crippen molar-refractivity contribution in [2.24, 2.45) is 0 Å². The van der Waals surface area contributed by atoms with Crippen LogP contribution < -0.4 is 4.74 Å². The van der Waals surface area contributed by atoms with Crippen LogP contribution in [0.5, 0.6) is 5.75 Å². The normalized spacial score (nSPS) is 25.5. The van der Waals surface area contributed by atoms with Gasteiger partial charge in [-0.2, -0.15) is 0 Å². The summed E-state index contributed by atoms with van der Waals surface area (Å²) in [6.45, 7) is 0.429. The lowest BCUT2D eigenvalue weighted by Gasteiger charge is -2.45. The van der Waals surface area contributed by atoms with Gasteiger partial charge in [-0.05, 0) is 44.4 Å². The van der Waals surface area contributed by atoms with E-state index in [1.807, 2.05) is 36.2 Å². The number of imide groups is 1. The summed E-state index contributed by atoms with van der Waals surface area (Å²) in [6.07, 6.45) is 3.29. The molecule has 0 aliphatic carbocycles. The largest absolute Gasteiger partial charge is 0.496 e. The second kappa shape index (κ2) is 6.08. The number of amides is 2. The molecule has 5 heteroatoms. The Morgan fingerprint density at radius 2 is 1.77 bits per heavy atom. The molecule has 2 atom stereocenters. The number of rotatable bonds is 4. The van der Waals surface area contributed by atoms with Crippen molar-refractivity contribution in [1.29, 1.82) is 0 Å². The molecule has 1 aromatic carbocycles. The van der Waals surface area contributed by atoms with Crippen molar-refractivity contribution in [2.45, 2.75) is 37.8 Å². The number of piperidine rings is 1. The minimum atomic E-state index is -0.130. The van der Waals surface area contributed by atoms with E-state index in [9.17, 15) is 9.59 Å². The molecule has 0 radical (unpaired) electrons. The maximum absolute atomic E-state index is 12.6. The third-order valence-corrected chi connectivity index (χ3v) is 4.84. The molecule has 2 aliphatic rings. The van der Waals surface area contributed by atoms with Crippen molar-refractivity contribution in [3.05, 3.63) is 29.8 Å². The molecule has 2 bridgehead atoms. The van der Waals surface area contributed by atoms with Crippen LogP contribution >= 0.6 is 0 Å². The van der Waals surface area contributed by atoms with E-state index in [1.165, 1.54) is 4.90 Å². The lowest BCUT2D eigenvalue weighted by atomic mass is 9.90. The van der Waals surface area contributed by atoms with Crippen molar-refractivity contribution in [2.75, 3.05) is 20.7 Å². The van der Waals surface area contributed by atoms with E-state index in [2.05, 4.69) is 0 Å². The van der Waals surface area contributed by atoms with Gasteiger partial charge in [-0.15, -0.1) is 0 Å². The minimum absolute atomic E-state index is 0.0432. The van der Waals surface area contributed by atoms with E-state index in [0.717, 1.165) is 30.6 Å². The Hall–Kier alpha value is -1.88. The standard InChI is InChI=1S/C17H22N2O3/c1-18-13-7-5-8-14(18)17(21)19(16(13)20)11-10-12-6-3-4-9-15(12)22-2/h3-4,6,9,13-14H,5,7-8,10-11H2,1-2H3. The third-order valence-electron chi connectivity index (χ3n) is 4.84. The number of hydrogen-bond donors (Lipinski definition) is 0. The number of carbonyl (C=O) groups excluding carboxylic acids is 2. The predicted octanol–water partition coefficient (Wildman–Crippen LogP) is 1.46.